The third-order valence-corrected chi connectivity index (χ3v) is 2.93. The molecule has 0 bridgehead atoms. The molecule has 0 aliphatic carbocycles. The summed E-state index contributed by atoms with van der Waals surface area (Å²) < 4.78 is 18.7. The largest absolute Gasteiger partial charge is 0.496 e. The Labute approximate surface area is 121 Å². The van der Waals surface area contributed by atoms with Gasteiger partial charge in [0, 0.05) is 6.54 Å². The molecule has 0 aliphatic heterocycles. The van der Waals surface area contributed by atoms with Crippen molar-refractivity contribution in [2.45, 2.75) is 6.54 Å². The van der Waals surface area contributed by atoms with E-state index in [4.69, 9.17) is 10.00 Å². The van der Waals surface area contributed by atoms with Crippen LogP contribution < -0.4 is 10.1 Å². The van der Waals surface area contributed by atoms with Crippen molar-refractivity contribution in [3.05, 3.63) is 65.0 Å². The molecule has 0 aromatic heterocycles. The second kappa shape index (κ2) is 6.53. The Kier molecular flexibility index (Phi) is 4.52. The number of rotatable bonds is 4. The van der Waals surface area contributed by atoms with Crippen LogP contribution in [-0.4, -0.2) is 13.0 Å². The van der Waals surface area contributed by atoms with Crippen molar-refractivity contribution >= 4 is 5.91 Å². The van der Waals surface area contributed by atoms with Gasteiger partial charge in [-0.2, -0.15) is 5.26 Å². The van der Waals surface area contributed by atoms with Crippen LogP contribution in [0.2, 0.25) is 0 Å². The highest BCUT2D eigenvalue weighted by Gasteiger charge is 2.17. The van der Waals surface area contributed by atoms with Crippen molar-refractivity contribution < 1.29 is 13.9 Å². The second-order valence-corrected chi connectivity index (χ2v) is 4.31. The first-order valence-corrected chi connectivity index (χ1v) is 6.25. The van der Waals surface area contributed by atoms with Crippen LogP contribution >= 0.6 is 0 Å². The van der Waals surface area contributed by atoms with Crippen LogP contribution in [0.1, 0.15) is 21.5 Å². The smallest absolute Gasteiger partial charge is 0.258 e. The number of benzene rings is 2. The summed E-state index contributed by atoms with van der Waals surface area (Å²) in [6, 6.07) is 13.1. The first-order valence-electron chi connectivity index (χ1n) is 6.25. The zero-order valence-corrected chi connectivity index (χ0v) is 11.4. The highest BCUT2D eigenvalue weighted by Crippen LogP contribution is 2.21. The zero-order valence-electron chi connectivity index (χ0n) is 11.4. The monoisotopic (exact) mass is 284 g/mol. The molecule has 0 atom stereocenters. The number of carbonyl (C=O) groups excluding carboxylic acids is 1. The van der Waals surface area contributed by atoms with Gasteiger partial charge in [0.2, 0.25) is 0 Å². The molecular formula is C16H13FN2O2. The third kappa shape index (κ3) is 3.37. The Morgan fingerprint density at radius 1 is 1.33 bits per heavy atom. The lowest BCUT2D eigenvalue weighted by molar-refractivity contribution is 0.0943. The van der Waals surface area contributed by atoms with Gasteiger partial charge in [0.1, 0.15) is 17.1 Å². The lowest BCUT2D eigenvalue weighted by atomic mass is 10.1. The first kappa shape index (κ1) is 14.5. The standard InChI is InChI=1S/C16H13FN2O2/c1-21-14-7-3-6-13(17)15(14)16(20)19-10-12-5-2-4-11(8-12)9-18/h2-8H,10H2,1H3,(H,19,20). The van der Waals surface area contributed by atoms with Gasteiger partial charge >= 0.3 is 0 Å². The Hall–Kier alpha value is -2.87. The highest BCUT2D eigenvalue weighted by atomic mass is 19.1. The van der Waals surface area contributed by atoms with E-state index in [-0.39, 0.29) is 17.9 Å². The van der Waals surface area contributed by atoms with E-state index in [1.165, 1.54) is 25.3 Å². The molecule has 0 saturated heterocycles. The van der Waals surface area contributed by atoms with Gasteiger partial charge < -0.3 is 10.1 Å². The van der Waals surface area contributed by atoms with Crippen LogP contribution in [0.15, 0.2) is 42.5 Å². The summed E-state index contributed by atoms with van der Waals surface area (Å²) in [5, 5.41) is 11.4. The number of carbonyl (C=O) groups is 1. The van der Waals surface area contributed by atoms with Gasteiger partial charge in [-0.15, -0.1) is 0 Å². The first-order chi connectivity index (χ1) is 10.2. The van der Waals surface area contributed by atoms with Crippen LogP contribution in [-0.2, 0) is 6.54 Å². The number of amides is 1. The number of ether oxygens (including phenoxy) is 1. The van der Waals surface area contributed by atoms with Gasteiger partial charge in [-0.1, -0.05) is 18.2 Å². The molecule has 0 aliphatic rings. The van der Waals surface area contributed by atoms with Crippen LogP contribution in [0.5, 0.6) is 5.75 Å². The van der Waals surface area contributed by atoms with Crippen LogP contribution in [0.3, 0.4) is 0 Å². The number of nitriles is 1. The Balaban J connectivity index is 2.14. The minimum Gasteiger partial charge on any atom is -0.496 e. The molecule has 2 aromatic rings. The lowest BCUT2D eigenvalue weighted by Crippen LogP contribution is -2.24. The minimum atomic E-state index is -0.641. The molecule has 1 N–H and O–H groups in total. The number of hydrogen-bond acceptors (Lipinski definition) is 3. The van der Waals surface area contributed by atoms with E-state index >= 15 is 0 Å². The number of nitrogens with one attached hydrogen (secondary N) is 1. The van der Waals surface area contributed by atoms with Crippen molar-refractivity contribution in [2.75, 3.05) is 7.11 Å². The van der Waals surface area contributed by atoms with Gasteiger partial charge in [-0.05, 0) is 29.8 Å². The fourth-order valence-corrected chi connectivity index (χ4v) is 1.92. The summed E-state index contributed by atoms with van der Waals surface area (Å²) >= 11 is 0. The van der Waals surface area contributed by atoms with Crippen molar-refractivity contribution in [3.63, 3.8) is 0 Å². The molecule has 106 valence electrons. The van der Waals surface area contributed by atoms with Crippen LogP contribution in [0.4, 0.5) is 4.39 Å². The van der Waals surface area contributed by atoms with Gasteiger partial charge in [-0.25, -0.2) is 4.39 Å². The highest BCUT2D eigenvalue weighted by molar-refractivity contribution is 5.97. The maximum atomic E-state index is 13.7. The molecule has 0 fully saturated rings. The zero-order chi connectivity index (χ0) is 15.2. The van der Waals surface area contributed by atoms with Crippen LogP contribution in [0.25, 0.3) is 0 Å². The summed E-state index contributed by atoms with van der Waals surface area (Å²) in [7, 11) is 1.38. The van der Waals surface area contributed by atoms with Gasteiger partial charge in [0.05, 0.1) is 18.7 Å². The fraction of sp³-hybridized carbons (Fsp3) is 0.125. The number of hydrogen-bond donors (Lipinski definition) is 1. The molecule has 5 heteroatoms. The van der Waals surface area contributed by atoms with Crippen molar-refractivity contribution in [3.8, 4) is 11.8 Å². The summed E-state index contributed by atoms with van der Waals surface area (Å²) in [5.41, 5.74) is 1.14. The molecule has 2 aromatic carbocycles. The quantitative estimate of drug-likeness (QED) is 0.938. The van der Waals surface area contributed by atoms with Crippen molar-refractivity contribution in [1.29, 1.82) is 5.26 Å². The van der Waals surface area contributed by atoms with Crippen molar-refractivity contribution in [1.82, 2.24) is 5.32 Å². The molecule has 0 heterocycles. The van der Waals surface area contributed by atoms with Gasteiger partial charge in [0.15, 0.2) is 0 Å². The maximum absolute atomic E-state index is 13.7. The van der Waals surface area contributed by atoms with E-state index < -0.39 is 11.7 Å². The molecule has 21 heavy (non-hydrogen) atoms. The molecule has 0 radical (unpaired) electrons. The summed E-state index contributed by atoms with van der Waals surface area (Å²) in [5.74, 6) is -1.02. The predicted molar refractivity (Wildman–Crippen MR) is 75.3 cm³/mol. The SMILES string of the molecule is COc1cccc(F)c1C(=O)NCc1cccc(C#N)c1. The van der Waals surface area contributed by atoms with E-state index in [0.29, 0.717) is 5.56 Å². The topological polar surface area (TPSA) is 62.1 Å². The van der Waals surface area contributed by atoms with E-state index in [1.807, 2.05) is 6.07 Å². The Morgan fingerprint density at radius 3 is 2.81 bits per heavy atom. The Morgan fingerprint density at radius 2 is 2.10 bits per heavy atom. The molecular weight excluding hydrogens is 271 g/mol. The average Bonchev–Trinajstić information content (AvgIpc) is 2.52. The average molecular weight is 284 g/mol. The molecule has 0 saturated carbocycles. The van der Waals surface area contributed by atoms with E-state index in [0.717, 1.165) is 5.56 Å². The number of nitrogens with zero attached hydrogens (tertiary/aromatic N) is 1. The summed E-state index contributed by atoms with van der Waals surface area (Å²) in [6.07, 6.45) is 0. The third-order valence-electron chi connectivity index (χ3n) is 2.93. The molecule has 2 rings (SSSR count). The fourth-order valence-electron chi connectivity index (χ4n) is 1.92. The predicted octanol–water partition coefficient (Wildman–Crippen LogP) is 2.64. The van der Waals surface area contributed by atoms with E-state index in [9.17, 15) is 9.18 Å². The van der Waals surface area contributed by atoms with E-state index in [1.54, 1.807) is 24.3 Å². The number of methoxy groups -OCH3 is 1. The molecule has 0 spiro atoms. The van der Waals surface area contributed by atoms with Gasteiger partial charge in [0.25, 0.3) is 5.91 Å². The summed E-state index contributed by atoms with van der Waals surface area (Å²) in [6.45, 7) is 0.200. The number of halogens is 1. The second-order valence-electron chi connectivity index (χ2n) is 4.31. The molecule has 0 unspecified atom stereocenters. The Bertz CT molecular complexity index is 708. The summed E-state index contributed by atoms with van der Waals surface area (Å²) in [4.78, 5) is 12.1. The minimum absolute atomic E-state index is 0.128. The lowest BCUT2D eigenvalue weighted by Gasteiger charge is -2.10. The van der Waals surface area contributed by atoms with Gasteiger partial charge in [-0.3, -0.25) is 4.79 Å². The molecule has 4 nitrogen and oxygen atoms in total. The van der Waals surface area contributed by atoms with Crippen molar-refractivity contribution in [2.24, 2.45) is 0 Å². The maximum Gasteiger partial charge on any atom is 0.258 e. The van der Waals surface area contributed by atoms with Crippen LogP contribution in [0, 0.1) is 17.1 Å². The molecule has 1 amide bonds. The van der Waals surface area contributed by atoms with E-state index in [2.05, 4.69) is 5.32 Å². The normalized spacial score (nSPS) is 9.76.